The van der Waals surface area contributed by atoms with Gasteiger partial charge in [-0.05, 0) is 47.2 Å². The van der Waals surface area contributed by atoms with E-state index in [1.807, 2.05) is 47.4 Å². The third-order valence-electron chi connectivity index (χ3n) is 5.21. The molecule has 0 N–H and O–H groups in total. The van der Waals surface area contributed by atoms with Crippen molar-refractivity contribution in [3.05, 3.63) is 87.6 Å². The molecule has 1 atom stereocenters. The number of rotatable bonds is 5. The molecule has 2 heterocycles. The first-order chi connectivity index (χ1) is 14.2. The summed E-state index contributed by atoms with van der Waals surface area (Å²) >= 11 is 1.77. The molecule has 0 fully saturated rings. The Bertz CT molecular complexity index is 1030. The van der Waals surface area contributed by atoms with Crippen molar-refractivity contribution < 1.29 is 14.3 Å². The molecule has 4 nitrogen and oxygen atoms in total. The van der Waals surface area contributed by atoms with Gasteiger partial charge < -0.3 is 14.4 Å². The second-order valence-corrected chi connectivity index (χ2v) is 7.84. The Morgan fingerprint density at radius 1 is 1.10 bits per heavy atom. The minimum Gasteiger partial charge on any atom is -0.497 e. The van der Waals surface area contributed by atoms with Crippen LogP contribution in [0.2, 0.25) is 0 Å². The lowest BCUT2D eigenvalue weighted by Gasteiger charge is -2.35. The maximum atomic E-state index is 13.2. The van der Waals surface area contributed by atoms with Crippen LogP contribution >= 0.6 is 11.3 Å². The van der Waals surface area contributed by atoms with Crippen molar-refractivity contribution in [1.82, 2.24) is 4.90 Å². The number of nitrogens with zero attached hydrogens (tertiary/aromatic N) is 1. The summed E-state index contributed by atoms with van der Waals surface area (Å²) in [7, 11) is 3.23. The van der Waals surface area contributed by atoms with Gasteiger partial charge in [0, 0.05) is 29.1 Å². The van der Waals surface area contributed by atoms with Gasteiger partial charge in [0.2, 0.25) is 5.91 Å². The second-order valence-electron chi connectivity index (χ2n) is 6.84. The zero-order valence-electron chi connectivity index (χ0n) is 16.5. The Morgan fingerprint density at radius 3 is 2.69 bits per heavy atom. The van der Waals surface area contributed by atoms with Gasteiger partial charge in [0.05, 0.1) is 20.3 Å². The predicted octanol–water partition coefficient (Wildman–Crippen LogP) is 4.95. The van der Waals surface area contributed by atoms with Gasteiger partial charge in [0.1, 0.15) is 11.5 Å². The molecule has 0 radical (unpaired) electrons. The summed E-state index contributed by atoms with van der Waals surface area (Å²) in [5.74, 6) is 1.39. The van der Waals surface area contributed by atoms with E-state index >= 15 is 0 Å². The number of benzene rings is 2. The van der Waals surface area contributed by atoms with E-state index in [0.29, 0.717) is 12.3 Å². The van der Waals surface area contributed by atoms with E-state index in [1.165, 1.54) is 10.4 Å². The maximum absolute atomic E-state index is 13.2. The maximum Gasteiger partial charge on any atom is 0.247 e. The highest BCUT2D eigenvalue weighted by Crippen LogP contribution is 2.38. The first kappa shape index (κ1) is 19.3. The summed E-state index contributed by atoms with van der Waals surface area (Å²) in [6.45, 7) is 0.704. The van der Waals surface area contributed by atoms with Crippen LogP contribution in [0.5, 0.6) is 11.5 Å². The molecule has 4 rings (SSSR count). The molecular weight excluding hydrogens is 382 g/mol. The fourth-order valence-corrected chi connectivity index (χ4v) is 4.67. The van der Waals surface area contributed by atoms with Crippen LogP contribution in [0.4, 0.5) is 0 Å². The number of carbonyl (C=O) groups excluding carboxylic acids is 1. The first-order valence-electron chi connectivity index (χ1n) is 9.53. The lowest BCUT2D eigenvalue weighted by Crippen LogP contribution is -2.39. The lowest BCUT2D eigenvalue weighted by molar-refractivity contribution is -0.127. The molecule has 0 unspecified atom stereocenters. The molecule has 1 aromatic heterocycles. The Balaban J connectivity index is 1.63. The van der Waals surface area contributed by atoms with E-state index in [-0.39, 0.29) is 11.9 Å². The first-order valence-corrected chi connectivity index (χ1v) is 10.4. The molecule has 2 aromatic carbocycles. The van der Waals surface area contributed by atoms with Gasteiger partial charge in [-0.1, -0.05) is 30.3 Å². The van der Waals surface area contributed by atoms with E-state index in [0.717, 1.165) is 23.3 Å². The average Bonchev–Trinajstić information content (AvgIpc) is 3.26. The second kappa shape index (κ2) is 8.53. The van der Waals surface area contributed by atoms with Crippen molar-refractivity contribution >= 4 is 23.3 Å². The Kier molecular flexibility index (Phi) is 5.67. The number of carbonyl (C=O) groups is 1. The van der Waals surface area contributed by atoms with Gasteiger partial charge in [0.25, 0.3) is 0 Å². The Hall–Kier alpha value is -3.05. The van der Waals surface area contributed by atoms with Gasteiger partial charge in [-0.15, -0.1) is 11.3 Å². The Labute approximate surface area is 175 Å². The number of ether oxygens (including phenoxy) is 2. The minimum absolute atomic E-state index is 0.00595. The number of amides is 1. The van der Waals surface area contributed by atoms with Crippen molar-refractivity contribution in [1.29, 1.82) is 0 Å². The van der Waals surface area contributed by atoms with Gasteiger partial charge in [-0.3, -0.25) is 4.79 Å². The molecule has 1 aliphatic rings. The van der Waals surface area contributed by atoms with Gasteiger partial charge in [-0.25, -0.2) is 0 Å². The monoisotopic (exact) mass is 405 g/mol. The van der Waals surface area contributed by atoms with Crippen LogP contribution in [0.1, 0.15) is 27.6 Å². The van der Waals surface area contributed by atoms with E-state index in [4.69, 9.17) is 9.47 Å². The summed E-state index contributed by atoms with van der Waals surface area (Å²) in [4.78, 5) is 16.5. The molecule has 0 saturated carbocycles. The summed E-state index contributed by atoms with van der Waals surface area (Å²) in [6, 6.07) is 17.9. The van der Waals surface area contributed by atoms with E-state index < -0.39 is 0 Å². The predicted molar refractivity (Wildman–Crippen MR) is 117 cm³/mol. The highest BCUT2D eigenvalue weighted by atomic mass is 32.1. The molecule has 148 valence electrons. The highest BCUT2D eigenvalue weighted by Gasteiger charge is 2.31. The van der Waals surface area contributed by atoms with E-state index in [1.54, 1.807) is 31.6 Å². The largest absolute Gasteiger partial charge is 0.497 e. The van der Waals surface area contributed by atoms with Crippen molar-refractivity contribution in [2.75, 3.05) is 20.8 Å². The number of thiophene rings is 1. The quantitative estimate of drug-likeness (QED) is 0.564. The molecule has 0 bridgehead atoms. The zero-order chi connectivity index (χ0) is 20.2. The van der Waals surface area contributed by atoms with Crippen LogP contribution in [0.3, 0.4) is 0 Å². The van der Waals surface area contributed by atoms with Gasteiger partial charge in [-0.2, -0.15) is 0 Å². The van der Waals surface area contributed by atoms with E-state index in [9.17, 15) is 4.79 Å². The molecule has 5 heteroatoms. The van der Waals surface area contributed by atoms with Crippen molar-refractivity contribution in [3.8, 4) is 11.5 Å². The van der Waals surface area contributed by atoms with Crippen LogP contribution in [0, 0.1) is 0 Å². The zero-order valence-corrected chi connectivity index (χ0v) is 17.3. The standard InChI is InChI=1S/C24H23NO3S/c1-27-19-10-8-17(21(16-19)28-2)9-11-23(26)25-14-12-22-20(13-15-29-22)24(25)18-6-4-3-5-7-18/h3-11,13,15-16,24H,12,14H2,1-2H3/b11-9+/t24-/m0/s1. The lowest BCUT2D eigenvalue weighted by atomic mass is 9.93. The van der Waals surface area contributed by atoms with E-state index in [2.05, 4.69) is 23.6 Å². The number of fused-ring (bicyclic) bond motifs is 1. The summed E-state index contributed by atoms with van der Waals surface area (Å²) in [5, 5.41) is 2.12. The summed E-state index contributed by atoms with van der Waals surface area (Å²) in [6.07, 6.45) is 4.34. The molecule has 0 spiro atoms. The fourth-order valence-electron chi connectivity index (χ4n) is 3.76. The highest BCUT2D eigenvalue weighted by molar-refractivity contribution is 7.10. The summed E-state index contributed by atoms with van der Waals surface area (Å²) < 4.78 is 10.7. The van der Waals surface area contributed by atoms with Gasteiger partial charge >= 0.3 is 0 Å². The van der Waals surface area contributed by atoms with Crippen LogP contribution in [0.15, 0.2) is 66.1 Å². The normalized spacial score (nSPS) is 15.9. The van der Waals surface area contributed by atoms with Crippen LogP contribution in [-0.2, 0) is 11.2 Å². The third-order valence-corrected chi connectivity index (χ3v) is 6.21. The minimum atomic E-state index is -0.0545. The average molecular weight is 406 g/mol. The molecule has 1 amide bonds. The molecule has 0 saturated heterocycles. The Morgan fingerprint density at radius 2 is 1.93 bits per heavy atom. The van der Waals surface area contributed by atoms with Crippen molar-refractivity contribution in [2.45, 2.75) is 12.5 Å². The van der Waals surface area contributed by atoms with Crippen molar-refractivity contribution in [2.24, 2.45) is 0 Å². The molecule has 3 aromatic rings. The van der Waals surface area contributed by atoms with Crippen LogP contribution in [-0.4, -0.2) is 31.6 Å². The topological polar surface area (TPSA) is 38.8 Å². The summed E-state index contributed by atoms with van der Waals surface area (Å²) in [5.41, 5.74) is 3.21. The van der Waals surface area contributed by atoms with Crippen molar-refractivity contribution in [3.63, 3.8) is 0 Å². The molecular formula is C24H23NO3S. The molecule has 29 heavy (non-hydrogen) atoms. The SMILES string of the molecule is COc1ccc(/C=C/C(=O)N2CCc3sccc3[C@@H]2c2ccccc2)c(OC)c1. The number of methoxy groups -OCH3 is 2. The van der Waals surface area contributed by atoms with Crippen LogP contribution in [0.25, 0.3) is 6.08 Å². The fraction of sp³-hybridized carbons (Fsp3) is 0.208. The number of hydrogen-bond acceptors (Lipinski definition) is 4. The third kappa shape index (κ3) is 3.91. The number of hydrogen-bond donors (Lipinski definition) is 0. The molecule has 0 aliphatic carbocycles. The smallest absolute Gasteiger partial charge is 0.247 e. The van der Waals surface area contributed by atoms with Gasteiger partial charge in [0.15, 0.2) is 0 Å². The van der Waals surface area contributed by atoms with Crippen LogP contribution < -0.4 is 9.47 Å². The molecule has 1 aliphatic heterocycles.